The van der Waals surface area contributed by atoms with E-state index in [2.05, 4.69) is 10.0 Å². The molecule has 0 spiro atoms. The summed E-state index contributed by atoms with van der Waals surface area (Å²) in [5.74, 6) is 0. The van der Waals surface area contributed by atoms with E-state index in [0.29, 0.717) is 0 Å². The lowest BCUT2D eigenvalue weighted by Crippen LogP contribution is -2.58. The second-order valence-corrected chi connectivity index (χ2v) is 3.14. The number of methoxy groups -OCH3 is 1. The largest absolute Gasteiger partial charge is 0.394 e. The maximum atomic E-state index is 9.59. The first-order chi connectivity index (χ1) is 7.15. The summed E-state index contributed by atoms with van der Waals surface area (Å²) in [6.07, 6.45) is -4.48. The third-order valence-electron chi connectivity index (χ3n) is 2.27. The van der Waals surface area contributed by atoms with Crippen LogP contribution in [0.2, 0.25) is 0 Å². The number of rotatable bonds is 3. The van der Waals surface area contributed by atoms with E-state index in [-0.39, 0.29) is 0 Å². The second kappa shape index (κ2) is 5.26. The monoisotopic (exact) mass is 219 g/mol. The van der Waals surface area contributed by atoms with Gasteiger partial charge in [0.1, 0.15) is 12.2 Å². The Labute approximate surface area is 85.7 Å². The summed E-state index contributed by atoms with van der Waals surface area (Å²) < 4.78 is 9.81. The Balaban J connectivity index is 2.85. The van der Waals surface area contributed by atoms with Crippen LogP contribution in [0, 0.1) is 0 Å². The number of hydrogen-bond acceptors (Lipinski definition) is 6. The highest BCUT2D eigenvalue weighted by Crippen LogP contribution is 2.23. The van der Waals surface area contributed by atoms with Crippen molar-refractivity contribution < 1.29 is 24.8 Å². The summed E-state index contributed by atoms with van der Waals surface area (Å²) in [6.45, 7) is -0.453. The highest BCUT2D eigenvalue weighted by molar-refractivity contribution is 4.94. The summed E-state index contributed by atoms with van der Waals surface area (Å²) in [4.78, 5) is 2.51. The average Bonchev–Trinajstić information content (AvgIpc) is 2.25. The van der Waals surface area contributed by atoms with Crippen molar-refractivity contribution >= 4 is 0 Å². The number of aliphatic hydroxyl groups excluding tert-OH is 3. The van der Waals surface area contributed by atoms with Crippen LogP contribution in [0.3, 0.4) is 0 Å². The number of nitrogens with zero attached hydrogens (tertiary/aromatic N) is 3. The van der Waals surface area contributed by atoms with E-state index < -0.39 is 37.3 Å². The number of hydrogen-bond donors (Lipinski definition) is 3. The molecule has 0 aromatic carbocycles. The maximum Gasteiger partial charge on any atom is 0.184 e. The Kier molecular flexibility index (Phi) is 4.28. The van der Waals surface area contributed by atoms with Crippen molar-refractivity contribution in [3.8, 4) is 0 Å². The summed E-state index contributed by atoms with van der Waals surface area (Å²) in [5, 5.41) is 31.3. The molecule has 1 aliphatic heterocycles. The molecule has 8 heteroatoms. The van der Waals surface area contributed by atoms with Gasteiger partial charge in [-0.1, -0.05) is 5.11 Å². The van der Waals surface area contributed by atoms with Crippen molar-refractivity contribution in [3.63, 3.8) is 0 Å². The van der Waals surface area contributed by atoms with Crippen LogP contribution in [-0.2, 0) is 9.47 Å². The summed E-state index contributed by atoms with van der Waals surface area (Å²) in [5.41, 5.74) is 8.26. The van der Waals surface area contributed by atoms with Gasteiger partial charge in [-0.15, -0.1) is 0 Å². The number of azide groups is 1. The van der Waals surface area contributed by atoms with Crippen LogP contribution >= 0.6 is 0 Å². The molecule has 0 radical (unpaired) electrons. The minimum absolute atomic E-state index is 0.453. The molecule has 1 heterocycles. The Morgan fingerprint density at radius 3 is 2.60 bits per heavy atom. The molecular weight excluding hydrogens is 206 g/mol. The number of aliphatic hydroxyl groups is 3. The molecule has 0 aliphatic carbocycles. The van der Waals surface area contributed by atoms with Crippen molar-refractivity contribution in [2.45, 2.75) is 30.6 Å². The molecule has 0 aromatic heterocycles. The molecule has 5 atom stereocenters. The Hall–Kier alpha value is -0.890. The molecule has 1 aliphatic rings. The minimum atomic E-state index is -1.26. The van der Waals surface area contributed by atoms with Crippen LogP contribution < -0.4 is 0 Å². The van der Waals surface area contributed by atoms with Crippen LogP contribution in [0.5, 0.6) is 0 Å². The highest BCUT2D eigenvalue weighted by atomic mass is 16.7. The molecule has 0 unspecified atom stereocenters. The molecule has 1 saturated heterocycles. The van der Waals surface area contributed by atoms with Gasteiger partial charge in [0.25, 0.3) is 0 Å². The van der Waals surface area contributed by atoms with Gasteiger partial charge in [-0.3, -0.25) is 0 Å². The standard InChI is InChI=1S/C7H13N3O5/c1-14-7-6(13)4(9-10-8)5(12)3(2-11)15-7/h3-7,11-13H,2H2,1H3/t3-,4-,5-,6-,7+/m1/s1. The van der Waals surface area contributed by atoms with Crippen molar-refractivity contribution in [3.05, 3.63) is 10.4 Å². The first-order valence-electron chi connectivity index (χ1n) is 4.35. The van der Waals surface area contributed by atoms with Gasteiger partial charge in [0.15, 0.2) is 6.29 Å². The van der Waals surface area contributed by atoms with Gasteiger partial charge in [0.2, 0.25) is 0 Å². The Morgan fingerprint density at radius 2 is 2.13 bits per heavy atom. The van der Waals surface area contributed by atoms with Crippen LogP contribution in [-0.4, -0.2) is 59.7 Å². The van der Waals surface area contributed by atoms with E-state index in [1.165, 1.54) is 7.11 Å². The molecule has 1 rings (SSSR count). The van der Waals surface area contributed by atoms with Crippen LogP contribution in [0.4, 0.5) is 0 Å². The van der Waals surface area contributed by atoms with Gasteiger partial charge in [0.05, 0.1) is 18.8 Å². The molecule has 0 aromatic rings. The first-order valence-corrected chi connectivity index (χ1v) is 4.35. The molecule has 3 N–H and O–H groups in total. The van der Waals surface area contributed by atoms with E-state index >= 15 is 0 Å². The van der Waals surface area contributed by atoms with E-state index in [1.54, 1.807) is 0 Å². The normalized spacial score (nSPS) is 40.9. The van der Waals surface area contributed by atoms with E-state index in [4.69, 9.17) is 20.1 Å². The Morgan fingerprint density at radius 1 is 1.47 bits per heavy atom. The van der Waals surface area contributed by atoms with Gasteiger partial charge in [0, 0.05) is 12.0 Å². The average molecular weight is 219 g/mol. The van der Waals surface area contributed by atoms with Crippen LogP contribution in [0.1, 0.15) is 0 Å². The molecule has 86 valence electrons. The predicted molar refractivity (Wildman–Crippen MR) is 47.7 cm³/mol. The van der Waals surface area contributed by atoms with Gasteiger partial charge in [-0.25, -0.2) is 0 Å². The molecular formula is C7H13N3O5. The Bertz CT molecular complexity index is 241. The highest BCUT2D eigenvalue weighted by Gasteiger charge is 2.43. The number of ether oxygens (including phenoxy) is 2. The molecule has 0 bridgehead atoms. The second-order valence-electron chi connectivity index (χ2n) is 3.14. The van der Waals surface area contributed by atoms with Crippen molar-refractivity contribution in [1.29, 1.82) is 0 Å². The van der Waals surface area contributed by atoms with Gasteiger partial charge >= 0.3 is 0 Å². The lowest BCUT2D eigenvalue weighted by molar-refractivity contribution is -0.267. The minimum Gasteiger partial charge on any atom is -0.394 e. The summed E-state index contributed by atoms with van der Waals surface area (Å²) in [6, 6.07) is -1.09. The molecule has 1 fully saturated rings. The zero-order valence-corrected chi connectivity index (χ0v) is 8.09. The third-order valence-corrected chi connectivity index (χ3v) is 2.27. The van der Waals surface area contributed by atoms with Gasteiger partial charge in [-0.2, -0.15) is 0 Å². The lowest BCUT2D eigenvalue weighted by Gasteiger charge is -2.39. The van der Waals surface area contributed by atoms with Gasteiger partial charge in [-0.05, 0) is 5.53 Å². The molecule has 8 nitrogen and oxygen atoms in total. The van der Waals surface area contributed by atoms with E-state index in [1.807, 2.05) is 0 Å². The fourth-order valence-corrected chi connectivity index (χ4v) is 1.46. The van der Waals surface area contributed by atoms with E-state index in [0.717, 1.165) is 0 Å². The molecule has 0 amide bonds. The predicted octanol–water partition coefficient (Wildman–Crippen LogP) is -1.25. The fourth-order valence-electron chi connectivity index (χ4n) is 1.46. The zero-order chi connectivity index (χ0) is 11.4. The van der Waals surface area contributed by atoms with E-state index in [9.17, 15) is 10.2 Å². The van der Waals surface area contributed by atoms with Crippen LogP contribution in [0.15, 0.2) is 5.11 Å². The zero-order valence-electron chi connectivity index (χ0n) is 8.09. The quantitative estimate of drug-likeness (QED) is 0.310. The van der Waals surface area contributed by atoms with Crippen molar-refractivity contribution in [2.24, 2.45) is 5.11 Å². The lowest BCUT2D eigenvalue weighted by atomic mass is 9.97. The third kappa shape index (κ3) is 2.37. The SMILES string of the molecule is CO[C@H]1O[C@H](CO)[C@@H](O)[C@@H](N=[N+]=[N-])[C@H]1O. The fraction of sp³-hybridized carbons (Fsp3) is 1.00. The van der Waals surface area contributed by atoms with Gasteiger partial charge < -0.3 is 24.8 Å². The molecule has 15 heavy (non-hydrogen) atoms. The smallest absolute Gasteiger partial charge is 0.184 e. The van der Waals surface area contributed by atoms with Crippen molar-refractivity contribution in [2.75, 3.05) is 13.7 Å². The first kappa shape index (κ1) is 12.2. The summed E-state index contributed by atoms with van der Waals surface area (Å²) >= 11 is 0. The topological polar surface area (TPSA) is 128 Å². The van der Waals surface area contributed by atoms with Crippen molar-refractivity contribution in [1.82, 2.24) is 0 Å². The van der Waals surface area contributed by atoms with Crippen LogP contribution in [0.25, 0.3) is 10.4 Å². The summed E-state index contributed by atoms with van der Waals surface area (Å²) in [7, 11) is 1.30. The molecule has 0 saturated carbocycles. The maximum absolute atomic E-state index is 9.59.